The minimum absolute atomic E-state index is 0.303. The van der Waals surface area contributed by atoms with Crippen molar-refractivity contribution in [3.63, 3.8) is 0 Å². The lowest BCUT2D eigenvalue weighted by molar-refractivity contribution is 0.0802. The molecule has 3 nitrogen and oxygen atoms in total. The fourth-order valence-electron chi connectivity index (χ4n) is 3.06. The number of rotatable bonds is 6. The fourth-order valence-corrected chi connectivity index (χ4v) is 5.65. The molecule has 0 amide bonds. The summed E-state index contributed by atoms with van der Waals surface area (Å²) in [6.07, 6.45) is 3.33. The molecule has 2 aliphatic heterocycles. The van der Waals surface area contributed by atoms with Crippen molar-refractivity contribution in [1.82, 2.24) is 5.32 Å². The van der Waals surface area contributed by atoms with Gasteiger partial charge in [0, 0.05) is 13.1 Å². The molecule has 2 aliphatic rings. The van der Waals surface area contributed by atoms with Gasteiger partial charge < -0.3 is 5.32 Å². The van der Waals surface area contributed by atoms with Crippen LogP contribution in [0.1, 0.15) is 26.2 Å². The molecule has 0 aromatic heterocycles. The van der Waals surface area contributed by atoms with Crippen molar-refractivity contribution in [3.8, 4) is 0 Å². The quantitative estimate of drug-likeness (QED) is 0.748. The molecule has 5 heteroatoms. The first-order valence-electron chi connectivity index (χ1n) is 6.57. The molecular formula is C12H23NO2S2. The van der Waals surface area contributed by atoms with Gasteiger partial charge in [-0.25, -0.2) is 8.42 Å². The Balaban J connectivity index is 1.87. The Hall–Kier alpha value is 0.260. The number of hydrogen-bond acceptors (Lipinski definition) is 4. The Morgan fingerprint density at radius 3 is 2.65 bits per heavy atom. The van der Waals surface area contributed by atoms with E-state index in [4.69, 9.17) is 0 Å². The largest absolute Gasteiger partial charge is 0.316 e. The predicted octanol–water partition coefficient (Wildman–Crippen LogP) is 1.54. The van der Waals surface area contributed by atoms with E-state index >= 15 is 0 Å². The van der Waals surface area contributed by atoms with Crippen molar-refractivity contribution in [2.24, 2.45) is 11.3 Å². The van der Waals surface area contributed by atoms with Gasteiger partial charge in [0.05, 0.1) is 11.5 Å². The maximum absolute atomic E-state index is 11.6. The van der Waals surface area contributed by atoms with Gasteiger partial charge in [0.1, 0.15) is 0 Å². The van der Waals surface area contributed by atoms with Gasteiger partial charge >= 0.3 is 0 Å². The van der Waals surface area contributed by atoms with Gasteiger partial charge in [-0.1, -0.05) is 6.92 Å². The minimum atomic E-state index is -2.72. The Labute approximate surface area is 109 Å². The van der Waals surface area contributed by atoms with E-state index in [1.807, 2.05) is 11.8 Å². The second-order valence-corrected chi connectivity index (χ2v) is 8.99. The average Bonchev–Trinajstić information content (AvgIpc) is 2.57. The lowest BCUT2D eigenvalue weighted by atomic mass is 9.67. The Bertz CT molecular complexity index is 350. The lowest BCUT2D eigenvalue weighted by Crippen LogP contribution is -2.57. The van der Waals surface area contributed by atoms with Gasteiger partial charge in [-0.2, -0.15) is 11.8 Å². The molecule has 2 rings (SSSR count). The van der Waals surface area contributed by atoms with Gasteiger partial charge in [0.2, 0.25) is 0 Å². The van der Waals surface area contributed by atoms with Crippen molar-refractivity contribution in [2.75, 3.05) is 36.1 Å². The van der Waals surface area contributed by atoms with Crippen LogP contribution in [0.4, 0.5) is 0 Å². The summed E-state index contributed by atoms with van der Waals surface area (Å²) in [5.74, 6) is 3.68. The summed E-state index contributed by atoms with van der Waals surface area (Å²) in [7, 11) is -2.72. The van der Waals surface area contributed by atoms with Crippen molar-refractivity contribution < 1.29 is 8.42 Å². The summed E-state index contributed by atoms with van der Waals surface area (Å²) in [4.78, 5) is 0. The maximum atomic E-state index is 11.6. The molecule has 0 bridgehead atoms. The van der Waals surface area contributed by atoms with Crippen LogP contribution in [0.5, 0.6) is 0 Å². The fraction of sp³-hybridized carbons (Fsp3) is 1.00. The molecule has 1 atom stereocenters. The average molecular weight is 277 g/mol. The summed E-state index contributed by atoms with van der Waals surface area (Å²) in [5.41, 5.74) is 0.303. The van der Waals surface area contributed by atoms with Gasteiger partial charge in [0.25, 0.3) is 0 Å². The van der Waals surface area contributed by atoms with Gasteiger partial charge in [-0.05, 0) is 42.1 Å². The van der Waals surface area contributed by atoms with Crippen LogP contribution in [-0.4, -0.2) is 44.5 Å². The highest BCUT2D eigenvalue weighted by atomic mass is 32.2. The molecule has 17 heavy (non-hydrogen) atoms. The minimum Gasteiger partial charge on any atom is -0.316 e. The zero-order chi connectivity index (χ0) is 12.4. The molecule has 1 unspecified atom stereocenters. The second kappa shape index (κ2) is 5.49. The summed E-state index contributed by atoms with van der Waals surface area (Å²) >= 11 is 1.99. The third-order valence-corrected chi connectivity index (χ3v) is 6.97. The van der Waals surface area contributed by atoms with Crippen LogP contribution in [0.2, 0.25) is 0 Å². The molecule has 0 aromatic carbocycles. The monoisotopic (exact) mass is 277 g/mol. The molecule has 2 saturated heterocycles. The summed E-state index contributed by atoms with van der Waals surface area (Å²) < 4.78 is 23.2. The highest BCUT2D eigenvalue weighted by Crippen LogP contribution is 2.42. The van der Waals surface area contributed by atoms with Crippen LogP contribution in [0.25, 0.3) is 0 Å². The highest BCUT2D eigenvalue weighted by Gasteiger charge is 2.47. The SMILES string of the molecule is CCSCCCC1(C2CCS(=O)(=O)C2)CNC1. The Morgan fingerprint density at radius 2 is 2.18 bits per heavy atom. The number of hydrogen-bond donors (Lipinski definition) is 1. The van der Waals surface area contributed by atoms with Gasteiger partial charge in [-0.15, -0.1) is 0 Å². The predicted molar refractivity (Wildman–Crippen MR) is 74.3 cm³/mol. The third-order valence-electron chi connectivity index (χ3n) is 4.22. The normalized spacial score (nSPS) is 30.1. The number of sulfone groups is 1. The van der Waals surface area contributed by atoms with Crippen molar-refractivity contribution in [2.45, 2.75) is 26.2 Å². The third kappa shape index (κ3) is 3.18. The van der Waals surface area contributed by atoms with Crippen LogP contribution in [0.3, 0.4) is 0 Å². The molecule has 0 aromatic rings. The summed E-state index contributed by atoms with van der Waals surface area (Å²) in [6.45, 7) is 4.25. The van der Waals surface area contributed by atoms with Gasteiger partial charge in [-0.3, -0.25) is 0 Å². The van der Waals surface area contributed by atoms with E-state index in [0.717, 1.165) is 19.5 Å². The molecular weight excluding hydrogens is 254 g/mol. The van der Waals surface area contributed by atoms with Crippen LogP contribution in [-0.2, 0) is 9.84 Å². The van der Waals surface area contributed by atoms with Crippen molar-refractivity contribution >= 4 is 21.6 Å². The molecule has 0 saturated carbocycles. The van der Waals surface area contributed by atoms with E-state index in [0.29, 0.717) is 22.8 Å². The summed E-state index contributed by atoms with van der Waals surface area (Å²) in [5, 5.41) is 3.35. The van der Waals surface area contributed by atoms with Crippen LogP contribution in [0.15, 0.2) is 0 Å². The standard InChI is InChI=1S/C12H23NO2S2/c1-2-16-6-3-5-12(9-13-10-12)11-4-7-17(14,15)8-11/h11,13H,2-10H2,1H3. The lowest BCUT2D eigenvalue weighted by Gasteiger charge is -2.47. The zero-order valence-electron chi connectivity index (χ0n) is 10.6. The van der Waals surface area contributed by atoms with Crippen LogP contribution >= 0.6 is 11.8 Å². The zero-order valence-corrected chi connectivity index (χ0v) is 12.2. The first-order chi connectivity index (χ1) is 8.08. The van der Waals surface area contributed by atoms with E-state index < -0.39 is 9.84 Å². The van der Waals surface area contributed by atoms with E-state index in [1.54, 1.807) is 0 Å². The Morgan fingerprint density at radius 1 is 1.41 bits per heavy atom. The first-order valence-corrected chi connectivity index (χ1v) is 9.54. The van der Waals surface area contributed by atoms with Crippen molar-refractivity contribution in [1.29, 1.82) is 0 Å². The van der Waals surface area contributed by atoms with E-state index in [2.05, 4.69) is 12.2 Å². The smallest absolute Gasteiger partial charge is 0.150 e. The first kappa shape index (κ1) is 13.7. The second-order valence-electron chi connectivity index (χ2n) is 5.37. The number of thioether (sulfide) groups is 1. The molecule has 2 heterocycles. The topological polar surface area (TPSA) is 46.2 Å². The van der Waals surface area contributed by atoms with Gasteiger partial charge in [0.15, 0.2) is 9.84 Å². The molecule has 100 valence electrons. The molecule has 1 N–H and O–H groups in total. The van der Waals surface area contributed by atoms with Crippen LogP contribution < -0.4 is 5.32 Å². The van der Waals surface area contributed by atoms with E-state index in [-0.39, 0.29) is 0 Å². The van der Waals surface area contributed by atoms with E-state index in [1.165, 1.54) is 24.3 Å². The maximum Gasteiger partial charge on any atom is 0.150 e. The molecule has 0 aliphatic carbocycles. The van der Waals surface area contributed by atoms with Crippen molar-refractivity contribution in [3.05, 3.63) is 0 Å². The van der Waals surface area contributed by atoms with Crippen LogP contribution in [0, 0.1) is 11.3 Å². The molecule has 0 spiro atoms. The molecule has 0 radical (unpaired) electrons. The summed E-state index contributed by atoms with van der Waals surface area (Å²) in [6, 6.07) is 0. The molecule has 2 fully saturated rings. The van der Waals surface area contributed by atoms with E-state index in [9.17, 15) is 8.42 Å². The number of nitrogens with one attached hydrogen (secondary N) is 1. The highest BCUT2D eigenvalue weighted by molar-refractivity contribution is 7.99. The Kier molecular flexibility index (Phi) is 4.42.